The fourth-order valence-electron chi connectivity index (χ4n) is 0.665. The van der Waals surface area contributed by atoms with E-state index in [1.807, 2.05) is 32.9 Å². The molecule has 0 amide bonds. The van der Waals surface area contributed by atoms with Gasteiger partial charge in [-0.25, -0.2) is 0 Å². The van der Waals surface area contributed by atoms with Crippen molar-refractivity contribution < 1.29 is 4.74 Å². The van der Waals surface area contributed by atoms with Crippen LogP contribution < -0.4 is 5.32 Å². The SMILES string of the molecule is C/C=C/[C@H](C)OC(=S)NCC. The lowest BCUT2D eigenvalue weighted by molar-refractivity contribution is 0.251. The van der Waals surface area contributed by atoms with Crippen molar-refractivity contribution in [3.05, 3.63) is 12.2 Å². The highest BCUT2D eigenvalue weighted by Gasteiger charge is 1.98. The molecule has 0 aromatic rings. The minimum absolute atomic E-state index is 0.0616. The van der Waals surface area contributed by atoms with E-state index < -0.39 is 0 Å². The summed E-state index contributed by atoms with van der Waals surface area (Å²) in [7, 11) is 0. The fourth-order valence-corrected chi connectivity index (χ4v) is 0.961. The first-order valence-electron chi connectivity index (χ1n) is 3.78. The Morgan fingerprint density at radius 2 is 2.36 bits per heavy atom. The van der Waals surface area contributed by atoms with Gasteiger partial charge in [0.25, 0.3) is 5.17 Å². The normalized spacial score (nSPS) is 13.0. The van der Waals surface area contributed by atoms with Gasteiger partial charge in [-0.05, 0) is 39.1 Å². The molecule has 0 aromatic heterocycles. The molecule has 0 unspecified atom stereocenters. The molecule has 0 aliphatic carbocycles. The second-order valence-corrected chi connectivity index (χ2v) is 2.54. The second kappa shape index (κ2) is 6.16. The zero-order valence-electron chi connectivity index (χ0n) is 7.26. The van der Waals surface area contributed by atoms with Crippen LogP contribution in [0.2, 0.25) is 0 Å². The second-order valence-electron chi connectivity index (χ2n) is 2.17. The van der Waals surface area contributed by atoms with E-state index in [4.69, 9.17) is 17.0 Å². The molecule has 0 spiro atoms. The van der Waals surface area contributed by atoms with Crippen LogP contribution in [0.1, 0.15) is 20.8 Å². The number of nitrogens with one attached hydrogen (secondary N) is 1. The molecule has 1 atom stereocenters. The number of allylic oxidation sites excluding steroid dienone is 1. The van der Waals surface area contributed by atoms with E-state index in [0.717, 1.165) is 6.54 Å². The molecule has 3 heteroatoms. The van der Waals surface area contributed by atoms with Gasteiger partial charge in [-0.15, -0.1) is 0 Å². The number of hydrogen-bond acceptors (Lipinski definition) is 2. The van der Waals surface area contributed by atoms with Crippen molar-refractivity contribution in [1.29, 1.82) is 0 Å². The number of hydrogen-bond donors (Lipinski definition) is 1. The average Bonchev–Trinajstić information content (AvgIpc) is 1.87. The fraction of sp³-hybridized carbons (Fsp3) is 0.625. The topological polar surface area (TPSA) is 21.3 Å². The summed E-state index contributed by atoms with van der Waals surface area (Å²) in [6.07, 6.45) is 3.95. The van der Waals surface area contributed by atoms with Gasteiger partial charge in [0, 0.05) is 6.54 Å². The van der Waals surface area contributed by atoms with Gasteiger partial charge in [-0.3, -0.25) is 0 Å². The van der Waals surface area contributed by atoms with E-state index in [0.29, 0.717) is 5.17 Å². The summed E-state index contributed by atoms with van der Waals surface area (Å²) in [6, 6.07) is 0. The van der Waals surface area contributed by atoms with Crippen LogP contribution in [0, 0.1) is 0 Å². The van der Waals surface area contributed by atoms with Crippen molar-refractivity contribution in [3.8, 4) is 0 Å². The van der Waals surface area contributed by atoms with Crippen LogP contribution in [-0.2, 0) is 4.74 Å². The Bertz CT molecular complexity index is 145. The monoisotopic (exact) mass is 173 g/mol. The Hall–Kier alpha value is -0.570. The minimum atomic E-state index is 0.0616. The minimum Gasteiger partial charge on any atom is -0.464 e. The first kappa shape index (κ1) is 10.4. The van der Waals surface area contributed by atoms with Gasteiger partial charge >= 0.3 is 0 Å². The van der Waals surface area contributed by atoms with Crippen LogP contribution in [0.4, 0.5) is 0 Å². The van der Waals surface area contributed by atoms with Gasteiger partial charge < -0.3 is 10.1 Å². The predicted molar refractivity (Wildman–Crippen MR) is 51.6 cm³/mol. The van der Waals surface area contributed by atoms with E-state index in [1.54, 1.807) is 0 Å². The number of rotatable bonds is 3. The van der Waals surface area contributed by atoms with Crippen LogP contribution in [0.5, 0.6) is 0 Å². The standard InChI is InChI=1S/C8H15NOS/c1-4-6-7(3)10-8(11)9-5-2/h4,6-7H,5H2,1-3H3,(H,9,11)/b6-4+/t7-/m0/s1. The van der Waals surface area contributed by atoms with Crippen LogP contribution in [-0.4, -0.2) is 17.8 Å². The van der Waals surface area contributed by atoms with Crippen LogP contribution >= 0.6 is 12.2 Å². The molecule has 0 saturated carbocycles. The highest BCUT2D eigenvalue weighted by atomic mass is 32.1. The van der Waals surface area contributed by atoms with E-state index in [-0.39, 0.29) is 6.10 Å². The van der Waals surface area contributed by atoms with Gasteiger partial charge in [0.15, 0.2) is 0 Å². The maximum atomic E-state index is 5.26. The maximum Gasteiger partial charge on any atom is 0.257 e. The van der Waals surface area contributed by atoms with Gasteiger partial charge in [0.05, 0.1) is 0 Å². The molecule has 0 saturated heterocycles. The first-order chi connectivity index (χ1) is 5.20. The van der Waals surface area contributed by atoms with Crippen molar-refractivity contribution in [2.75, 3.05) is 6.54 Å². The Morgan fingerprint density at radius 1 is 1.73 bits per heavy atom. The highest BCUT2D eigenvalue weighted by molar-refractivity contribution is 7.80. The highest BCUT2D eigenvalue weighted by Crippen LogP contribution is 1.93. The summed E-state index contributed by atoms with van der Waals surface area (Å²) in [4.78, 5) is 0. The predicted octanol–water partition coefficient (Wildman–Crippen LogP) is 1.86. The molecule has 64 valence electrons. The lowest BCUT2D eigenvalue weighted by Gasteiger charge is -2.11. The lowest BCUT2D eigenvalue weighted by Crippen LogP contribution is -2.26. The maximum absolute atomic E-state index is 5.26. The molecule has 0 fully saturated rings. The summed E-state index contributed by atoms with van der Waals surface area (Å²) in [6.45, 7) is 6.69. The molecule has 0 radical (unpaired) electrons. The van der Waals surface area contributed by atoms with Crippen molar-refractivity contribution in [1.82, 2.24) is 5.32 Å². The summed E-state index contributed by atoms with van der Waals surface area (Å²) in [5, 5.41) is 3.38. The van der Waals surface area contributed by atoms with Crippen LogP contribution in [0.15, 0.2) is 12.2 Å². The molecular weight excluding hydrogens is 158 g/mol. The smallest absolute Gasteiger partial charge is 0.257 e. The summed E-state index contributed by atoms with van der Waals surface area (Å²) in [5.74, 6) is 0. The van der Waals surface area contributed by atoms with Crippen molar-refractivity contribution in [2.24, 2.45) is 0 Å². The van der Waals surface area contributed by atoms with E-state index in [2.05, 4.69) is 5.32 Å². The third kappa shape index (κ3) is 5.85. The Labute approximate surface area is 73.6 Å². The van der Waals surface area contributed by atoms with Crippen molar-refractivity contribution in [3.63, 3.8) is 0 Å². The zero-order valence-corrected chi connectivity index (χ0v) is 8.07. The molecule has 0 aromatic carbocycles. The zero-order chi connectivity index (χ0) is 8.69. The molecule has 0 bridgehead atoms. The Morgan fingerprint density at radius 3 is 2.82 bits per heavy atom. The molecule has 11 heavy (non-hydrogen) atoms. The van der Waals surface area contributed by atoms with Gasteiger partial charge in [-0.1, -0.05) is 6.08 Å². The molecule has 0 rings (SSSR count). The Kier molecular flexibility index (Phi) is 5.84. The number of ether oxygens (including phenoxy) is 1. The van der Waals surface area contributed by atoms with Crippen molar-refractivity contribution >= 4 is 17.4 Å². The average molecular weight is 173 g/mol. The first-order valence-corrected chi connectivity index (χ1v) is 4.18. The van der Waals surface area contributed by atoms with Gasteiger partial charge in [-0.2, -0.15) is 0 Å². The van der Waals surface area contributed by atoms with E-state index in [1.165, 1.54) is 0 Å². The van der Waals surface area contributed by atoms with Crippen LogP contribution in [0.3, 0.4) is 0 Å². The molecule has 0 aliphatic heterocycles. The lowest BCUT2D eigenvalue weighted by atomic mass is 10.4. The van der Waals surface area contributed by atoms with Crippen LogP contribution in [0.25, 0.3) is 0 Å². The molecule has 1 N–H and O–H groups in total. The third-order valence-electron chi connectivity index (χ3n) is 1.08. The van der Waals surface area contributed by atoms with Gasteiger partial charge in [0.1, 0.15) is 6.10 Å². The quantitative estimate of drug-likeness (QED) is 0.520. The van der Waals surface area contributed by atoms with E-state index >= 15 is 0 Å². The van der Waals surface area contributed by atoms with Crippen molar-refractivity contribution in [2.45, 2.75) is 26.9 Å². The molecule has 0 aliphatic rings. The number of thiocarbonyl (C=S) groups is 1. The third-order valence-corrected chi connectivity index (χ3v) is 1.32. The summed E-state index contributed by atoms with van der Waals surface area (Å²) >= 11 is 4.88. The van der Waals surface area contributed by atoms with E-state index in [9.17, 15) is 0 Å². The Balaban J connectivity index is 3.57. The molecule has 0 heterocycles. The molecule has 2 nitrogen and oxygen atoms in total. The molecular formula is C8H15NOS. The largest absolute Gasteiger partial charge is 0.464 e. The van der Waals surface area contributed by atoms with Gasteiger partial charge in [0.2, 0.25) is 0 Å². The summed E-state index contributed by atoms with van der Waals surface area (Å²) < 4.78 is 5.26. The summed E-state index contributed by atoms with van der Waals surface area (Å²) in [5.41, 5.74) is 0.